The Morgan fingerprint density at radius 1 is 1.35 bits per heavy atom. The second-order valence-corrected chi connectivity index (χ2v) is 4.98. The summed E-state index contributed by atoms with van der Waals surface area (Å²) in [5.74, 6) is 3.10. The average Bonchev–Trinajstić information content (AvgIpc) is 2.44. The van der Waals surface area contributed by atoms with Crippen molar-refractivity contribution >= 4 is 5.91 Å². The zero-order valence-electron chi connectivity index (χ0n) is 11.8. The maximum absolute atomic E-state index is 12.4. The molecule has 2 atom stereocenters. The molecule has 1 heterocycles. The van der Waals surface area contributed by atoms with Gasteiger partial charge in [0.25, 0.3) is 5.91 Å². The van der Waals surface area contributed by atoms with Gasteiger partial charge in [-0.15, -0.1) is 6.42 Å². The summed E-state index contributed by atoms with van der Waals surface area (Å²) in [6.07, 6.45) is 5.27. The van der Waals surface area contributed by atoms with E-state index in [0.717, 1.165) is 0 Å². The Hall–Kier alpha value is -1.99. The third-order valence-corrected chi connectivity index (χ3v) is 3.13. The van der Waals surface area contributed by atoms with Crippen molar-refractivity contribution in [1.82, 2.24) is 4.90 Å². The van der Waals surface area contributed by atoms with Crippen molar-refractivity contribution in [1.29, 1.82) is 0 Å². The number of hydrogen-bond donors (Lipinski definition) is 0. The molecule has 0 radical (unpaired) electrons. The lowest BCUT2D eigenvalue weighted by atomic mass is 10.1. The Balaban J connectivity index is 2.03. The Bertz CT molecular complexity index is 493. The van der Waals surface area contributed by atoms with Crippen molar-refractivity contribution in [3.63, 3.8) is 0 Å². The molecule has 1 amide bonds. The third kappa shape index (κ3) is 3.52. The van der Waals surface area contributed by atoms with E-state index < -0.39 is 0 Å². The number of carbonyl (C=O) groups is 1. The molecule has 1 aliphatic rings. The van der Waals surface area contributed by atoms with Crippen molar-refractivity contribution in [3.8, 4) is 18.1 Å². The number of morpholine rings is 1. The van der Waals surface area contributed by atoms with Gasteiger partial charge in [-0.05, 0) is 38.1 Å². The number of amides is 1. The summed E-state index contributed by atoms with van der Waals surface area (Å²) in [5, 5.41) is 0. The lowest BCUT2D eigenvalue weighted by molar-refractivity contribution is -0.0586. The van der Waals surface area contributed by atoms with Crippen molar-refractivity contribution in [2.75, 3.05) is 19.7 Å². The number of ether oxygens (including phenoxy) is 2. The van der Waals surface area contributed by atoms with Gasteiger partial charge in [-0.25, -0.2) is 0 Å². The van der Waals surface area contributed by atoms with Gasteiger partial charge in [0.15, 0.2) is 0 Å². The summed E-state index contributed by atoms with van der Waals surface area (Å²) in [6, 6.07) is 7.05. The van der Waals surface area contributed by atoms with Gasteiger partial charge in [-0.2, -0.15) is 0 Å². The fraction of sp³-hybridized carbons (Fsp3) is 0.438. The molecule has 0 N–H and O–H groups in total. The molecule has 1 saturated heterocycles. The van der Waals surface area contributed by atoms with E-state index in [9.17, 15) is 4.79 Å². The molecule has 0 aliphatic carbocycles. The largest absolute Gasteiger partial charge is 0.481 e. The standard InChI is InChI=1S/C16H19NO3/c1-4-9-19-15-7-5-14(6-8-15)16(18)17-10-12(2)20-13(3)11-17/h1,5-8,12-13H,9-11H2,2-3H3. The van der Waals surface area contributed by atoms with E-state index in [2.05, 4.69) is 5.92 Å². The maximum Gasteiger partial charge on any atom is 0.254 e. The van der Waals surface area contributed by atoms with Gasteiger partial charge >= 0.3 is 0 Å². The Labute approximate surface area is 119 Å². The smallest absolute Gasteiger partial charge is 0.254 e. The molecule has 0 saturated carbocycles. The predicted molar refractivity (Wildman–Crippen MR) is 76.7 cm³/mol. The minimum atomic E-state index is 0.0236. The van der Waals surface area contributed by atoms with Crippen LogP contribution in [0.5, 0.6) is 5.75 Å². The summed E-state index contributed by atoms with van der Waals surface area (Å²) >= 11 is 0. The summed E-state index contributed by atoms with van der Waals surface area (Å²) < 4.78 is 10.9. The number of rotatable bonds is 3. The topological polar surface area (TPSA) is 38.8 Å². The van der Waals surface area contributed by atoms with Crippen molar-refractivity contribution in [3.05, 3.63) is 29.8 Å². The van der Waals surface area contributed by atoms with Crippen LogP contribution in [-0.2, 0) is 4.74 Å². The van der Waals surface area contributed by atoms with Gasteiger partial charge in [0.05, 0.1) is 12.2 Å². The number of terminal acetylenes is 1. The van der Waals surface area contributed by atoms with Crippen LogP contribution in [0.25, 0.3) is 0 Å². The lowest BCUT2D eigenvalue weighted by Crippen LogP contribution is -2.48. The quantitative estimate of drug-likeness (QED) is 0.790. The summed E-state index contributed by atoms with van der Waals surface area (Å²) in [4.78, 5) is 14.2. The van der Waals surface area contributed by atoms with Crippen LogP contribution in [0, 0.1) is 12.3 Å². The fourth-order valence-electron chi connectivity index (χ4n) is 2.35. The van der Waals surface area contributed by atoms with Crippen LogP contribution in [0.4, 0.5) is 0 Å². The molecule has 106 valence electrons. The number of carbonyl (C=O) groups excluding carboxylic acids is 1. The van der Waals surface area contributed by atoms with Gasteiger partial charge in [0.2, 0.25) is 0 Å². The van der Waals surface area contributed by atoms with Crippen molar-refractivity contribution in [2.24, 2.45) is 0 Å². The molecule has 4 heteroatoms. The van der Waals surface area contributed by atoms with Gasteiger partial charge in [-0.1, -0.05) is 5.92 Å². The summed E-state index contributed by atoms with van der Waals surface area (Å²) in [7, 11) is 0. The first-order valence-corrected chi connectivity index (χ1v) is 6.71. The van der Waals surface area contributed by atoms with E-state index in [0.29, 0.717) is 24.4 Å². The second kappa shape index (κ2) is 6.44. The molecule has 0 bridgehead atoms. The minimum absolute atomic E-state index is 0.0236. The monoisotopic (exact) mass is 273 g/mol. The third-order valence-electron chi connectivity index (χ3n) is 3.13. The van der Waals surface area contributed by atoms with Crippen LogP contribution < -0.4 is 4.74 Å². The molecule has 4 nitrogen and oxygen atoms in total. The average molecular weight is 273 g/mol. The van der Waals surface area contributed by atoms with Crippen LogP contribution in [-0.4, -0.2) is 42.7 Å². The molecule has 20 heavy (non-hydrogen) atoms. The van der Waals surface area contributed by atoms with E-state index in [1.807, 2.05) is 18.7 Å². The van der Waals surface area contributed by atoms with Crippen molar-refractivity contribution in [2.45, 2.75) is 26.1 Å². The van der Waals surface area contributed by atoms with Crippen LogP contribution >= 0.6 is 0 Å². The SMILES string of the molecule is C#CCOc1ccc(C(=O)N2CC(C)OC(C)C2)cc1. The summed E-state index contributed by atoms with van der Waals surface area (Å²) in [5.41, 5.74) is 0.652. The molecule has 2 rings (SSSR count). The Kier molecular flexibility index (Phi) is 4.65. The highest BCUT2D eigenvalue weighted by molar-refractivity contribution is 5.94. The van der Waals surface area contributed by atoms with E-state index >= 15 is 0 Å². The zero-order valence-corrected chi connectivity index (χ0v) is 11.8. The van der Waals surface area contributed by atoms with Crippen LogP contribution in [0.1, 0.15) is 24.2 Å². The number of nitrogens with zero attached hydrogens (tertiary/aromatic N) is 1. The van der Waals surface area contributed by atoms with E-state index in [1.165, 1.54) is 0 Å². The van der Waals surface area contributed by atoms with E-state index in [4.69, 9.17) is 15.9 Å². The summed E-state index contributed by atoms with van der Waals surface area (Å²) in [6.45, 7) is 5.43. The highest BCUT2D eigenvalue weighted by Crippen LogP contribution is 2.17. The number of hydrogen-bond acceptors (Lipinski definition) is 3. The molecule has 0 aromatic heterocycles. The molecule has 0 spiro atoms. The Morgan fingerprint density at radius 2 is 1.95 bits per heavy atom. The molecule has 1 aromatic rings. The van der Waals surface area contributed by atoms with Crippen LogP contribution in [0.15, 0.2) is 24.3 Å². The minimum Gasteiger partial charge on any atom is -0.481 e. The first kappa shape index (κ1) is 14.4. The molecule has 1 fully saturated rings. The zero-order chi connectivity index (χ0) is 14.5. The lowest BCUT2D eigenvalue weighted by Gasteiger charge is -2.35. The van der Waals surface area contributed by atoms with Gasteiger partial charge < -0.3 is 14.4 Å². The Morgan fingerprint density at radius 3 is 2.50 bits per heavy atom. The fourth-order valence-corrected chi connectivity index (χ4v) is 2.35. The van der Waals surface area contributed by atoms with E-state index in [1.54, 1.807) is 24.3 Å². The van der Waals surface area contributed by atoms with Gasteiger partial charge in [0, 0.05) is 18.7 Å². The van der Waals surface area contributed by atoms with E-state index in [-0.39, 0.29) is 24.7 Å². The van der Waals surface area contributed by atoms with Crippen molar-refractivity contribution < 1.29 is 14.3 Å². The first-order valence-electron chi connectivity index (χ1n) is 6.71. The first-order chi connectivity index (χ1) is 9.60. The molecule has 2 unspecified atom stereocenters. The van der Waals surface area contributed by atoms with Gasteiger partial charge in [-0.3, -0.25) is 4.79 Å². The molecule has 1 aromatic carbocycles. The number of benzene rings is 1. The maximum atomic E-state index is 12.4. The molecular formula is C16H19NO3. The normalized spacial score (nSPS) is 22.1. The van der Waals surface area contributed by atoms with Crippen LogP contribution in [0.2, 0.25) is 0 Å². The molecule has 1 aliphatic heterocycles. The highest BCUT2D eigenvalue weighted by atomic mass is 16.5. The van der Waals surface area contributed by atoms with Gasteiger partial charge in [0.1, 0.15) is 12.4 Å². The molecular weight excluding hydrogens is 254 g/mol. The second-order valence-electron chi connectivity index (χ2n) is 4.98. The van der Waals surface area contributed by atoms with Crippen LogP contribution in [0.3, 0.4) is 0 Å². The highest BCUT2D eigenvalue weighted by Gasteiger charge is 2.26. The predicted octanol–water partition coefficient (Wildman–Crippen LogP) is 1.95.